The first-order chi connectivity index (χ1) is 10.5. The molecule has 112 valence electrons. The largest absolute Gasteiger partial charge is 0.420 e. The lowest BCUT2D eigenvalue weighted by molar-refractivity contribution is -0.137. The standard InChI is InChI=1S/C16H11F3N2O/c17-16(18,19)13-8-4-5-11(9-13)10-14-20-21-15(22-14)12-6-2-1-3-7-12/h1-9H,10H2. The van der Waals surface area contributed by atoms with Crippen LogP contribution in [-0.2, 0) is 12.6 Å². The Balaban J connectivity index is 1.81. The summed E-state index contributed by atoms with van der Waals surface area (Å²) in [7, 11) is 0. The molecule has 0 saturated heterocycles. The zero-order valence-electron chi connectivity index (χ0n) is 11.3. The number of benzene rings is 2. The Morgan fingerprint density at radius 3 is 2.41 bits per heavy atom. The fraction of sp³-hybridized carbons (Fsp3) is 0.125. The molecule has 1 aromatic heterocycles. The third-order valence-corrected chi connectivity index (χ3v) is 3.10. The minimum Gasteiger partial charge on any atom is -0.420 e. The van der Waals surface area contributed by atoms with Gasteiger partial charge in [-0.1, -0.05) is 36.4 Å². The minimum atomic E-state index is -4.36. The van der Waals surface area contributed by atoms with Gasteiger partial charge in [-0.25, -0.2) is 0 Å². The molecule has 0 spiro atoms. The Labute approximate surface area is 124 Å². The van der Waals surface area contributed by atoms with Crippen LogP contribution in [0, 0.1) is 0 Å². The first-order valence-corrected chi connectivity index (χ1v) is 6.56. The maximum Gasteiger partial charge on any atom is 0.416 e. The number of halogens is 3. The van der Waals surface area contributed by atoms with Crippen LogP contribution in [0.25, 0.3) is 11.5 Å². The van der Waals surface area contributed by atoms with Gasteiger partial charge in [-0.2, -0.15) is 13.2 Å². The monoisotopic (exact) mass is 304 g/mol. The molecule has 0 aliphatic heterocycles. The van der Waals surface area contributed by atoms with Crippen molar-refractivity contribution in [1.82, 2.24) is 10.2 Å². The average molecular weight is 304 g/mol. The van der Waals surface area contributed by atoms with Crippen molar-refractivity contribution in [2.24, 2.45) is 0 Å². The van der Waals surface area contributed by atoms with E-state index in [2.05, 4.69) is 10.2 Å². The van der Waals surface area contributed by atoms with Crippen molar-refractivity contribution in [3.8, 4) is 11.5 Å². The van der Waals surface area contributed by atoms with Crippen LogP contribution in [0.3, 0.4) is 0 Å². The molecule has 0 radical (unpaired) electrons. The highest BCUT2D eigenvalue weighted by Crippen LogP contribution is 2.30. The van der Waals surface area contributed by atoms with Crippen molar-refractivity contribution in [1.29, 1.82) is 0 Å². The fourth-order valence-electron chi connectivity index (χ4n) is 2.05. The van der Waals surface area contributed by atoms with Crippen LogP contribution < -0.4 is 0 Å². The van der Waals surface area contributed by atoms with E-state index in [0.29, 0.717) is 11.5 Å². The van der Waals surface area contributed by atoms with Crippen LogP contribution in [0.1, 0.15) is 17.0 Å². The van der Waals surface area contributed by atoms with Gasteiger partial charge in [0, 0.05) is 5.56 Å². The molecule has 2 aromatic carbocycles. The summed E-state index contributed by atoms with van der Waals surface area (Å²) in [4.78, 5) is 0. The van der Waals surface area contributed by atoms with E-state index in [1.807, 2.05) is 30.3 Å². The highest BCUT2D eigenvalue weighted by Gasteiger charge is 2.30. The zero-order chi connectivity index (χ0) is 15.6. The quantitative estimate of drug-likeness (QED) is 0.722. The van der Waals surface area contributed by atoms with E-state index in [4.69, 9.17) is 4.42 Å². The number of aromatic nitrogens is 2. The van der Waals surface area contributed by atoms with E-state index >= 15 is 0 Å². The first-order valence-electron chi connectivity index (χ1n) is 6.56. The fourth-order valence-corrected chi connectivity index (χ4v) is 2.05. The molecule has 22 heavy (non-hydrogen) atoms. The molecular weight excluding hydrogens is 293 g/mol. The van der Waals surface area contributed by atoms with Gasteiger partial charge in [-0.15, -0.1) is 10.2 Å². The van der Waals surface area contributed by atoms with Gasteiger partial charge < -0.3 is 4.42 Å². The Kier molecular flexibility index (Phi) is 3.66. The molecule has 0 saturated carbocycles. The predicted molar refractivity (Wildman–Crippen MR) is 74.0 cm³/mol. The molecule has 0 atom stereocenters. The van der Waals surface area contributed by atoms with Gasteiger partial charge in [0.1, 0.15) is 0 Å². The van der Waals surface area contributed by atoms with Crippen molar-refractivity contribution in [3.05, 3.63) is 71.6 Å². The van der Waals surface area contributed by atoms with Gasteiger partial charge in [-0.3, -0.25) is 0 Å². The molecule has 0 unspecified atom stereocenters. The van der Waals surface area contributed by atoms with E-state index in [1.165, 1.54) is 6.07 Å². The summed E-state index contributed by atoms with van der Waals surface area (Å²) < 4.78 is 43.5. The third kappa shape index (κ3) is 3.16. The Hall–Kier alpha value is -2.63. The minimum absolute atomic E-state index is 0.157. The number of rotatable bonds is 3. The second-order valence-corrected chi connectivity index (χ2v) is 4.74. The summed E-state index contributed by atoms with van der Waals surface area (Å²) in [5.41, 5.74) is 0.552. The van der Waals surface area contributed by atoms with Crippen LogP contribution in [0.4, 0.5) is 13.2 Å². The molecule has 3 nitrogen and oxygen atoms in total. The smallest absolute Gasteiger partial charge is 0.416 e. The molecule has 1 heterocycles. The van der Waals surface area contributed by atoms with Crippen molar-refractivity contribution < 1.29 is 17.6 Å². The van der Waals surface area contributed by atoms with Crippen LogP contribution in [0.15, 0.2) is 59.0 Å². The van der Waals surface area contributed by atoms with E-state index in [-0.39, 0.29) is 12.3 Å². The maximum absolute atomic E-state index is 12.7. The van der Waals surface area contributed by atoms with Crippen LogP contribution in [0.2, 0.25) is 0 Å². The summed E-state index contributed by atoms with van der Waals surface area (Å²) in [6.07, 6.45) is -4.20. The van der Waals surface area contributed by atoms with Gasteiger partial charge in [-0.05, 0) is 23.8 Å². The van der Waals surface area contributed by atoms with E-state index in [1.54, 1.807) is 6.07 Å². The zero-order valence-corrected chi connectivity index (χ0v) is 11.3. The van der Waals surface area contributed by atoms with Gasteiger partial charge in [0.05, 0.1) is 12.0 Å². The van der Waals surface area contributed by atoms with Crippen molar-refractivity contribution in [2.75, 3.05) is 0 Å². The normalized spacial score (nSPS) is 11.6. The molecule has 3 rings (SSSR count). The number of alkyl halides is 3. The molecule has 0 N–H and O–H groups in total. The van der Waals surface area contributed by atoms with Gasteiger partial charge in [0.2, 0.25) is 11.8 Å². The third-order valence-electron chi connectivity index (χ3n) is 3.10. The summed E-state index contributed by atoms with van der Waals surface area (Å²) in [6, 6.07) is 14.3. The molecule has 0 fully saturated rings. The highest BCUT2D eigenvalue weighted by molar-refractivity contribution is 5.51. The second kappa shape index (κ2) is 5.63. The molecule has 0 aliphatic carbocycles. The first kappa shape index (κ1) is 14.3. The summed E-state index contributed by atoms with van der Waals surface area (Å²) in [5, 5.41) is 7.80. The Bertz CT molecular complexity index is 766. The Morgan fingerprint density at radius 1 is 0.909 bits per heavy atom. The topological polar surface area (TPSA) is 38.9 Å². The molecule has 0 amide bonds. The molecule has 0 bridgehead atoms. The van der Waals surface area contributed by atoms with E-state index in [9.17, 15) is 13.2 Å². The lowest BCUT2D eigenvalue weighted by atomic mass is 10.1. The van der Waals surface area contributed by atoms with Crippen LogP contribution in [-0.4, -0.2) is 10.2 Å². The van der Waals surface area contributed by atoms with Crippen molar-refractivity contribution >= 4 is 0 Å². The van der Waals surface area contributed by atoms with Crippen molar-refractivity contribution in [2.45, 2.75) is 12.6 Å². The number of nitrogens with zero attached hydrogens (tertiary/aromatic N) is 2. The number of hydrogen-bond donors (Lipinski definition) is 0. The summed E-state index contributed by atoms with van der Waals surface area (Å²) in [5.74, 6) is 0.626. The van der Waals surface area contributed by atoms with Crippen molar-refractivity contribution in [3.63, 3.8) is 0 Å². The lowest BCUT2D eigenvalue weighted by Crippen LogP contribution is -2.05. The predicted octanol–water partition coefficient (Wildman–Crippen LogP) is 4.35. The maximum atomic E-state index is 12.7. The Morgan fingerprint density at radius 2 is 1.68 bits per heavy atom. The van der Waals surface area contributed by atoms with E-state index < -0.39 is 11.7 Å². The SMILES string of the molecule is FC(F)(F)c1cccc(Cc2nnc(-c3ccccc3)o2)c1. The number of hydrogen-bond acceptors (Lipinski definition) is 3. The van der Waals surface area contributed by atoms with Gasteiger partial charge in [0.25, 0.3) is 0 Å². The highest BCUT2D eigenvalue weighted by atomic mass is 19.4. The summed E-state index contributed by atoms with van der Waals surface area (Å²) in [6.45, 7) is 0. The van der Waals surface area contributed by atoms with Crippen LogP contribution >= 0.6 is 0 Å². The van der Waals surface area contributed by atoms with E-state index in [0.717, 1.165) is 17.7 Å². The lowest BCUT2D eigenvalue weighted by Gasteiger charge is -2.07. The van der Waals surface area contributed by atoms with Gasteiger partial charge in [0.15, 0.2) is 0 Å². The summed E-state index contributed by atoms with van der Waals surface area (Å²) >= 11 is 0. The second-order valence-electron chi connectivity index (χ2n) is 4.74. The molecule has 3 aromatic rings. The van der Waals surface area contributed by atoms with Gasteiger partial charge >= 0.3 is 6.18 Å². The molecular formula is C16H11F3N2O. The molecule has 0 aliphatic rings. The van der Waals surface area contributed by atoms with Crippen LogP contribution in [0.5, 0.6) is 0 Å². The average Bonchev–Trinajstić information content (AvgIpc) is 2.96. The molecule has 6 heteroatoms.